The molecule has 2 atom stereocenters. The number of rotatable bonds is 54. The molecule has 0 aromatic carbocycles. The Kier molecular flexibility index (Phi) is 51.2. The van der Waals surface area contributed by atoms with Gasteiger partial charge in [0.15, 0.2) is 0 Å². The van der Waals surface area contributed by atoms with Crippen molar-refractivity contribution in [1.29, 1.82) is 0 Å². The third-order valence-corrected chi connectivity index (χ3v) is 13.5. The molecule has 69 heavy (non-hydrogen) atoms. The molecule has 9 heteroatoms. The van der Waals surface area contributed by atoms with Crippen LogP contribution in [0.5, 0.6) is 0 Å². The summed E-state index contributed by atoms with van der Waals surface area (Å²) in [5.41, 5.74) is 0. The van der Waals surface area contributed by atoms with Crippen LogP contribution in [0, 0.1) is 0 Å². The van der Waals surface area contributed by atoms with Gasteiger partial charge in [-0.15, -0.1) is 0 Å². The summed E-state index contributed by atoms with van der Waals surface area (Å²) >= 11 is 0. The van der Waals surface area contributed by atoms with Crippen molar-refractivity contribution in [2.75, 3.05) is 54.1 Å². The van der Waals surface area contributed by atoms with E-state index in [1.165, 1.54) is 161 Å². The molecular formula is C60H112NO7P. The van der Waals surface area contributed by atoms with Crippen molar-refractivity contribution in [2.45, 2.75) is 264 Å². The van der Waals surface area contributed by atoms with Gasteiger partial charge in [-0.25, -0.2) is 0 Å². The van der Waals surface area contributed by atoms with E-state index in [1.54, 1.807) is 0 Å². The molecule has 0 aliphatic heterocycles. The zero-order valence-corrected chi connectivity index (χ0v) is 46.9. The number of esters is 1. The summed E-state index contributed by atoms with van der Waals surface area (Å²) in [7, 11) is 1.35. The molecule has 0 aromatic heterocycles. The average molecular weight is 991 g/mol. The maximum absolute atomic E-state index is 12.8. The van der Waals surface area contributed by atoms with Gasteiger partial charge < -0.3 is 27.9 Å². The summed E-state index contributed by atoms with van der Waals surface area (Å²) in [6.07, 6.45) is 68.3. The highest BCUT2D eigenvalue weighted by Crippen LogP contribution is 2.38. The molecule has 0 saturated heterocycles. The summed E-state index contributed by atoms with van der Waals surface area (Å²) in [4.78, 5) is 25.3. The van der Waals surface area contributed by atoms with E-state index in [-0.39, 0.29) is 25.8 Å². The zero-order valence-electron chi connectivity index (χ0n) is 46.0. The van der Waals surface area contributed by atoms with Gasteiger partial charge in [0.1, 0.15) is 19.3 Å². The number of unbranched alkanes of at least 4 members (excludes halogenated alkanes) is 30. The van der Waals surface area contributed by atoms with E-state index in [4.69, 9.17) is 18.5 Å². The molecule has 0 fully saturated rings. The Morgan fingerprint density at radius 1 is 0.464 bits per heavy atom. The number of carbonyl (C=O) groups excluding carboxylic acids is 1. The van der Waals surface area contributed by atoms with Gasteiger partial charge in [-0.3, -0.25) is 9.36 Å². The van der Waals surface area contributed by atoms with Crippen molar-refractivity contribution in [3.63, 3.8) is 0 Å². The quantitative estimate of drug-likeness (QED) is 0.0197. The van der Waals surface area contributed by atoms with Crippen LogP contribution in [0.25, 0.3) is 0 Å². The molecule has 404 valence electrons. The van der Waals surface area contributed by atoms with Crippen molar-refractivity contribution < 1.29 is 37.3 Å². The van der Waals surface area contributed by atoms with Gasteiger partial charge in [0, 0.05) is 13.0 Å². The van der Waals surface area contributed by atoms with Crippen molar-refractivity contribution >= 4 is 13.8 Å². The molecule has 0 amide bonds. The molecule has 0 heterocycles. The van der Waals surface area contributed by atoms with E-state index in [0.29, 0.717) is 24.1 Å². The molecule has 0 radical (unpaired) electrons. The Morgan fingerprint density at radius 2 is 0.841 bits per heavy atom. The molecule has 0 aliphatic rings. The summed E-state index contributed by atoms with van der Waals surface area (Å²) in [5, 5.41) is 0. The van der Waals surface area contributed by atoms with Gasteiger partial charge in [0.25, 0.3) is 7.82 Å². The highest BCUT2D eigenvalue weighted by molar-refractivity contribution is 7.45. The van der Waals surface area contributed by atoms with E-state index in [9.17, 15) is 14.3 Å². The molecule has 0 N–H and O–H groups in total. The van der Waals surface area contributed by atoms with E-state index in [0.717, 1.165) is 77.0 Å². The number of allylic oxidation sites excluding steroid dienone is 10. The maximum Gasteiger partial charge on any atom is 0.306 e. The number of ether oxygens (including phenoxy) is 2. The van der Waals surface area contributed by atoms with Gasteiger partial charge in [-0.1, -0.05) is 254 Å². The summed E-state index contributed by atoms with van der Waals surface area (Å²) in [6.45, 7) is 5.33. The second kappa shape index (κ2) is 52.5. The fourth-order valence-corrected chi connectivity index (χ4v) is 8.89. The second-order valence-electron chi connectivity index (χ2n) is 20.6. The lowest BCUT2D eigenvalue weighted by molar-refractivity contribution is -0.870. The zero-order chi connectivity index (χ0) is 50.5. The van der Waals surface area contributed by atoms with Gasteiger partial charge in [0.05, 0.1) is 34.4 Å². The minimum Gasteiger partial charge on any atom is -0.756 e. The van der Waals surface area contributed by atoms with Gasteiger partial charge >= 0.3 is 5.97 Å². The van der Waals surface area contributed by atoms with E-state index >= 15 is 0 Å². The fraction of sp³-hybridized carbons (Fsp3) is 0.817. The fourth-order valence-electron chi connectivity index (χ4n) is 8.16. The molecule has 0 saturated carbocycles. The van der Waals surface area contributed by atoms with E-state index in [2.05, 4.69) is 74.6 Å². The topological polar surface area (TPSA) is 94.1 Å². The summed E-state index contributed by atoms with van der Waals surface area (Å²) in [6, 6.07) is 0. The third-order valence-electron chi connectivity index (χ3n) is 12.6. The van der Waals surface area contributed by atoms with E-state index in [1.807, 2.05) is 21.1 Å². The predicted molar refractivity (Wildman–Crippen MR) is 296 cm³/mol. The summed E-state index contributed by atoms with van der Waals surface area (Å²) in [5.74, 6) is -0.342. The SMILES string of the molecule is CC/C=C\C/C=C\C/C=C\C/C=C\C/C=C\CCCCCCCCCC(=O)OC(COCCCCCCCCCCCCCCCCCCCCCCCCCC)COP(=O)([O-])OCC[N+](C)(C)C. The molecule has 0 rings (SSSR count). The van der Waals surface area contributed by atoms with Gasteiger partial charge in [-0.05, 0) is 57.8 Å². The Hall–Kier alpha value is -1.80. The van der Waals surface area contributed by atoms with Gasteiger partial charge in [0.2, 0.25) is 0 Å². The number of quaternary nitrogens is 1. The standard InChI is InChI=1S/C60H112NO7P/c1-6-8-10-12-14-16-18-20-22-24-26-28-30-32-34-36-38-40-42-44-46-48-50-52-55-65-57-59(58-67-69(63,64)66-56-54-61(3,4)5)68-60(62)53-51-49-47-45-43-41-39-37-35-33-31-29-27-25-23-21-19-17-15-13-11-9-7-2/h9,11,15,17,21,23,27,29,33,35,59H,6-8,10,12-14,16,18-20,22,24-26,28,30-32,34,36-58H2,1-5H3/b11-9-,17-15-,23-21-,29-27-,35-33-. The summed E-state index contributed by atoms with van der Waals surface area (Å²) < 4.78 is 34.9. The Labute approximate surface area is 428 Å². The predicted octanol–water partition coefficient (Wildman–Crippen LogP) is 17.8. The number of likely N-dealkylation sites (N-methyl/N-ethyl adjacent to an activating group) is 1. The van der Waals surface area contributed by atoms with Crippen molar-refractivity contribution in [1.82, 2.24) is 0 Å². The molecule has 0 spiro atoms. The van der Waals surface area contributed by atoms with Crippen molar-refractivity contribution in [3.8, 4) is 0 Å². The highest BCUT2D eigenvalue weighted by atomic mass is 31.2. The first kappa shape index (κ1) is 67.2. The average Bonchev–Trinajstić information content (AvgIpc) is 3.31. The van der Waals surface area contributed by atoms with Crippen molar-refractivity contribution in [3.05, 3.63) is 60.8 Å². The minimum atomic E-state index is -4.54. The molecule has 0 aromatic rings. The molecular weight excluding hydrogens is 878 g/mol. The van der Waals surface area contributed by atoms with Crippen LogP contribution < -0.4 is 4.89 Å². The first-order valence-corrected chi connectivity index (χ1v) is 30.5. The highest BCUT2D eigenvalue weighted by Gasteiger charge is 2.20. The smallest absolute Gasteiger partial charge is 0.306 e. The van der Waals surface area contributed by atoms with E-state index < -0.39 is 13.9 Å². The van der Waals surface area contributed by atoms with Crippen LogP contribution in [0.4, 0.5) is 0 Å². The van der Waals surface area contributed by atoms with Crippen LogP contribution in [0.2, 0.25) is 0 Å². The van der Waals surface area contributed by atoms with Crippen LogP contribution in [0.15, 0.2) is 60.8 Å². The Bertz CT molecular complexity index is 1290. The first-order chi connectivity index (χ1) is 33.6. The van der Waals surface area contributed by atoms with Crippen LogP contribution in [-0.2, 0) is 27.9 Å². The molecule has 0 bridgehead atoms. The van der Waals surface area contributed by atoms with Crippen LogP contribution >= 0.6 is 7.82 Å². The first-order valence-electron chi connectivity index (χ1n) is 29.0. The number of carbonyl (C=O) groups is 1. The molecule has 8 nitrogen and oxygen atoms in total. The number of hydrogen-bond acceptors (Lipinski definition) is 7. The number of phosphoric ester groups is 1. The lowest BCUT2D eigenvalue weighted by Crippen LogP contribution is -2.37. The van der Waals surface area contributed by atoms with Crippen LogP contribution in [0.3, 0.4) is 0 Å². The third kappa shape index (κ3) is 57.0. The van der Waals surface area contributed by atoms with Crippen molar-refractivity contribution in [2.24, 2.45) is 0 Å². The van der Waals surface area contributed by atoms with Gasteiger partial charge in [-0.2, -0.15) is 0 Å². The van der Waals surface area contributed by atoms with Crippen LogP contribution in [-0.4, -0.2) is 70.7 Å². The lowest BCUT2D eigenvalue weighted by Gasteiger charge is -2.28. The second-order valence-corrected chi connectivity index (χ2v) is 22.0. The van der Waals surface area contributed by atoms with Crippen LogP contribution in [0.1, 0.15) is 258 Å². The monoisotopic (exact) mass is 990 g/mol. The largest absolute Gasteiger partial charge is 0.756 e. The molecule has 0 aliphatic carbocycles. The molecule has 2 unspecified atom stereocenters. The number of hydrogen-bond donors (Lipinski definition) is 0. The number of nitrogens with zero attached hydrogens (tertiary/aromatic N) is 1. The maximum atomic E-state index is 12.8. The normalized spacial score (nSPS) is 13.9. The number of phosphoric acid groups is 1. The lowest BCUT2D eigenvalue weighted by atomic mass is 10.0. The minimum absolute atomic E-state index is 0.0229. The Balaban J connectivity index is 4.08. The Morgan fingerprint density at radius 3 is 1.26 bits per heavy atom.